The molecule has 156 valence electrons. The van der Waals surface area contributed by atoms with Crippen LogP contribution in [0.2, 0.25) is 0 Å². The molecule has 4 aliphatic rings. The van der Waals surface area contributed by atoms with Gasteiger partial charge in [-0.1, -0.05) is 35.8 Å². The normalized spacial score (nSPS) is 33.0. The summed E-state index contributed by atoms with van der Waals surface area (Å²) in [6.07, 6.45) is 4.10. The Bertz CT molecular complexity index is 1020. The number of para-hydroxylation sites is 1. The second kappa shape index (κ2) is 5.92. The lowest BCUT2D eigenvalue weighted by molar-refractivity contribution is -0.119. The summed E-state index contributed by atoms with van der Waals surface area (Å²) in [5.41, 5.74) is 2.51. The van der Waals surface area contributed by atoms with E-state index < -0.39 is 11.2 Å². The highest BCUT2D eigenvalue weighted by Gasteiger charge is 2.74. The quantitative estimate of drug-likeness (QED) is 0.776. The van der Waals surface area contributed by atoms with Crippen LogP contribution in [0, 0.1) is 23.7 Å². The molecule has 0 saturated heterocycles. The van der Waals surface area contributed by atoms with Crippen molar-refractivity contribution in [2.24, 2.45) is 23.7 Å². The molecule has 30 heavy (non-hydrogen) atoms. The zero-order chi connectivity index (χ0) is 20.9. The van der Waals surface area contributed by atoms with E-state index in [0.29, 0.717) is 7.48 Å². The number of rotatable bonds is 4. The van der Waals surface area contributed by atoms with E-state index in [1.165, 1.54) is 30.4 Å². The molecule has 2 aromatic carbocycles. The second-order valence-corrected chi connectivity index (χ2v) is 11.0. The molecule has 0 bridgehead atoms. The molecule has 0 amide bonds. The van der Waals surface area contributed by atoms with Gasteiger partial charge >= 0.3 is 7.48 Å². The van der Waals surface area contributed by atoms with E-state index in [9.17, 15) is 5.11 Å². The van der Waals surface area contributed by atoms with Gasteiger partial charge in [-0.05, 0) is 82.8 Å². The van der Waals surface area contributed by atoms with Crippen molar-refractivity contribution in [2.45, 2.75) is 63.6 Å². The van der Waals surface area contributed by atoms with Gasteiger partial charge in [0.25, 0.3) is 0 Å². The topological polar surface area (TPSA) is 38.7 Å². The molecule has 1 heterocycles. The Morgan fingerprint density at radius 1 is 1.00 bits per heavy atom. The highest BCUT2D eigenvalue weighted by Crippen LogP contribution is 2.78. The Morgan fingerprint density at radius 2 is 1.77 bits per heavy atom. The van der Waals surface area contributed by atoms with Crippen molar-refractivity contribution >= 4 is 12.9 Å². The average Bonchev–Trinajstić information content (AvgIpc) is 2.84. The molecule has 3 fully saturated rings. The lowest BCUT2D eigenvalue weighted by Gasteiger charge is -2.68. The molecule has 6 rings (SSSR count). The van der Waals surface area contributed by atoms with E-state index in [2.05, 4.69) is 42.5 Å². The van der Waals surface area contributed by atoms with Gasteiger partial charge in [-0.25, -0.2) is 0 Å². The molecule has 1 spiro atoms. The van der Waals surface area contributed by atoms with Crippen LogP contribution in [0.15, 0.2) is 42.5 Å². The Balaban J connectivity index is 1.41. The van der Waals surface area contributed by atoms with Gasteiger partial charge in [-0.2, -0.15) is 0 Å². The predicted molar refractivity (Wildman–Crippen MR) is 120 cm³/mol. The smallest absolute Gasteiger partial charge is 0.309 e. The van der Waals surface area contributed by atoms with Crippen molar-refractivity contribution in [1.29, 1.82) is 0 Å². The Kier molecular flexibility index (Phi) is 3.74. The molecule has 1 aliphatic heterocycles. The molecular weight excluding hydrogens is 371 g/mol. The number of hydrogen-bond donors (Lipinski definition) is 1. The standard InChI is InChI=1S/C26H31BO3/c1-24(2,28)25(3,4)30-27-16-10-12-22-19(14-16)26(17-7-5-6-8-21(17)29-22)18-11-9-15-13-20(26)23(15)18/h5-8,10,12,14-15,18,20,23,27-28H,9,11,13H2,1-4H3/t15-,18-,20+,23?,26-/m1/s1. The third kappa shape index (κ3) is 2.24. The molecule has 1 N–H and O–H groups in total. The zero-order valence-corrected chi connectivity index (χ0v) is 18.4. The number of ether oxygens (including phenoxy) is 1. The van der Waals surface area contributed by atoms with E-state index in [4.69, 9.17) is 9.39 Å². The van der Waals surface area contributed by atoms with Crippen LogP contribution in [-0.2, 0) is 10.1 Å². The summed E-state index contributed by atoms with van der Waals surface area (Å²) in [6.45, 7) is 7.52. The minimum Gasteiger partial charge on any atom is -0.457 e. The number of aliphatic hydroxyl groups is 1. The second-order valence-electron chi connectivity index (χ2n) is 11.0. The summed E-state index contributed by atoms with van der Waals surface area (Å²) < 4.78 is 12.6. The van der Waals surface area contributed by atoms with Crippen molar-refractivity contribution in [3.8, 4) is 11.5 Å². The van der Waals surface area contributed by atoms with Gasteiger partial charge in [0.1, 0.15) is 11.5 Å². The minimum absolute atomic E-state index is 0.115. The Hall–Kier alpha value is -1.78. The molecule has 1 unspecified atom stereocenters. The van der Waals surface area contributed by atoms with E-state index in [0.717, 1.165) is 40.6 Å². The number of fused-ring (bicyclic) bond motifs is 6. The van der Waals surface area contributed by atoms with Crippen molar-refractivity contribution in [3.05, 3.63) is 53.6 Å². The monoisotopic (exact) mass is 402 g/mol. The summed E-state index contributed by atoms with van der Waals surface area (Å²) in [6, 6.07) is 15.3. The van der Waals surface area contributed by atoms with Gasteiger partial charge in [0, 0.05) is 16.5 Å². The molecule has 3 nitrogen and oxygen atoms in total. The molecular formula is C26H31BO3. The Labute approximate surface area is 180 Å². The van der Waals surface area contributed by atoms with Crippen LogP contribution >= 0.6 is 0 Å². The summed E-state index contributed by atoms with van der Waals surface area (Å²) in [5.74, 6) is 5.44. The average molecular weight is 402 g/mol. The first-order chi connectivity index (χ1) is 14.2. The van der Waals surface area contributed by atoms with Crippen molar-refractivity contribution in [3.63, 3.8) is 0 Å². The first-order valence-corrected chi connectivity index (χ1v) is 11.5. The fourth-order valence-electron chi connectivity index (χ4n) is 6.94. The first-order valence-electron chi connectivity index (χ1n) is 11.5. The third-order valence-electron chi connectivity index (χ3n) is 9.16. The number of hydrogen-bond acceptors (Lipinski definition) is 3. The van der Waals surface area contributed by atoms with Gasteiger partial charge in [-0.3, -0.25) is 0 Å². The fraction of sp³-hybridized carbons (Fsp3) is 0.538. The van der Waals surface area contributed by atoms with Crippen LogP contribution in [0.5, 0.6) is 11.5 Å². The van der Waals surface area contributed by atoms with Crippen LogP contribution in [0.3, 0.4) is 0 Å². The highest BCUT2D eigenvalue weighted by atomic mass is 16.5. The van der Waals surface area contributed by atoms with Crippen molar-refractivity contribution < 1.29 is 14.5 Å². The van der Waals surface area contributed by atoms with Crippen LogP contribution in [0.1, 0.15) is 58.1 Å². The lowest BCUT2D eigenvalue weighted by Crippen LogP contribution is -2.66. The summed E-state index contributed by atoms with van der Waals surface area (Å²) in [4.78, 5) is 0. The number of benzene rings is 2. The molecule has 5 atom stereocenters. The van der Waals surface area contributed by atoms with E-state index in [1.54, 1.807) is 13.8 Å². The van der Waals surface area contributed by atoms with Crippen LogP contribution < -0.4 is 10.2 Å². The van der Waals surface area contributed by atoms with E-state index in [1.807, 2.05) is 13.8 Å². The molecule has 3 saturated carbocycles. The molecule has 4 heteroatoms. The van der Waals surface area contributed by atoms with Gasteiger partial charge < -0.3 is 14.5 Å². The molecule has 3 aliphatic carbocycles. The SMILES string of the molecule is CC(C)(O)C(C)(C)OBc1ccc2c(c1)[C@@]1(c3ccccc3O2)[C@@H]2CC[C@@H]3C[C@H]1C32. The maximum atomic E-state index is 10.5. The molecule has 0 radical (unpaired) electrons. The van der Waals surface area contributed by atoms with Crippen LogP contribution in [0.25, 0.3) is 0 Å². The summed E-state index contributed by atoms with van der Waals surface area (Å²) >= 11 is 0. The zero-order valence-electron chi connectivity index (χ0n) is 18.4. The largest absolute Gasteiger partial charge is 0.457 e. The van der Waals surface area contributed by atoms with E-state index in [-0.39, 0.29) is 5.41 Å². The molecule has 0 aromatic heterocycles. The van der Waals surface area contributed by atoms with Crippen LogP contribution in [-0.4, -0.2) is 23.8 Å². The van der Waals surface area contributed by atoms with Crippen LogP contribution in [0.4, 0.5) is 0 Å². The van der Waals surface area contributed by atoms with Crippen molar-refractivity contribution in [2.75, 3.05) is 0 Å². The maximum absolute atomic E-state index is 10.5. The predicted octanol–water partition coefficient (Wildman–Crippen LogP) is 4.30. The van der Waals surface area contributed by atoms with Crippen molar-refractivity contribution in [1.82, 2.24) is 0 Å². The molecule has 2 aromatic rings. The third-order valence-corrected chi connectivity index (χ3v) is 9.16. The lowest BCUT2D eigenvalue weighted by atomic mass is 9.35. The summed E-state index contributed by atoms with van der Waals surface area (Å²) in [7, 11) is 0.489. The first kappa shape index (κ1) is 19.0. The van der Waals surface area contributed by atoms with Gasteiger partial charge in [0.2, 0.25) is 0 Å². The van der Waals surface area contributed by atoms with E-state index >= 15 is 0 Å². The summed E-state index contributed by atoms with van der Waals surface area (Å²) in [5, 5.41) is 10.5. The fourth-order valence-corrected chi connectivity index (χ4v) is 6.94. The maximum Gasteiger partial charge on any atom is 0.309 e. The minimum atomic E-state index is -0.906. The Morgan fingerprint density at radius 3 is 2.57 bits per heavy atom. The van der Waals surface area contributed by atoms with Gasteiger partial charge in [-0.15, -0.1) is 0 Å². The highest BCUT2D eigenvalue weighted by molar-refractivity contribution is 6.47. The van der Waals surface area contributed by atoms with Gasteiger partial charge in [0.15, 0.2) is 0 Å². The van der Waals surface area contributed by atoms with Gasteiger partial charge in [0.05, 0.1) is 11.2 Å².